The predicted molar refractivity (Wildman–Crippen MR) is 91.7 cm³/mol. The highest BCUT2D eigenvalue weighted by Crippen LogP contribution is 2.22. The number of anilines is 1. The number of aromatic nitrogens is 1. The Morgan fingerprint density at radius 2 is 1.96 bits per heavy atom. The van der Waals surface area contributed by atoms with Crippen LogP contribution in [0.25, 0.3) is 0 Å². The van der Waals surface area contributed by atoms with Crippen LogP contribution in [0, 0.1) is 13.8 Å². The van der Waals surface area contributed by atoms with E-state index in [4.69, 9.17) is 0 Å². The van der Waals surface area contributed by atoms with Gasteiger partial charge in [-0.1, -0.05) is 30.3 Å². The van der Waals surface area contributed by atoms with Crippen molar-refractivity contribution >= 4 is 11.8 Å². The van der Waals surface area contributed by atoms with E-state index in [1.165, 1.54) is 5.56 Å². The summed E-state index contributed by atoms with van der Waals surface area (Å²) in [5.41, 5.74) is 3.46. The maximum atomic E-state index is 12.3. The van der Waals surface area contributed by atoms with Crippen molar-refractivity contribution in [1.29, 1.82) is 0 Å². The fourth-order valence-corrected chi connectivity index (χ4v) is 2.89. The molecule has 3 N–H and O–H groups in total. The molecule has 2 atom stereocenters. The summed E-state index contributed by atoms with van der Waals surface area (Å²) in [7, 11) is 0. The van der Waals surface area contributed by atoms with Gasteiger partial charge in [0.05, 0.1) is 6.04 Å². The van der Waals surface area contributed by atoms with Gasteiger partial charge in [-0.25, -0.2) is 9.78 Å². The van der Waals surface area contributed by atoms with Gasteiger partial charge in [-0.3, -0.25) is 5.32 Å². The molecular formula is C18H22N4O. The van der Waals surface area contributed by atoms with Gasteiger partial charge in [0, 0.05) is 25.2 Å². The molecule has 2 unspecified atom stereocenters. The quantitative estimate of drug-likeness (QED) is 0.816. The molecule has 1 fully saturated rings. The van der Waals surface area contributed by atoms with E-state index in [9.17, 15) is 4.79 Å². The monoisotopic (exact) mass is 310 g/mol. The topological polar surface area (TPSA) is 66.0 Å². The molecule has 3 rings (SSSR count). The van der Waals surface area contributed by atoms with Crippen molar-refractivity contribution in [1.82, 2.24) is 15.6 Å². The predicted octanol–water partition coefficient (Wildman–Crippen LogP) is 2.58. The Morgan fingerprint density at radius 1 is 1.17 bits per heavy atom. The van der Waals surface area contributed by atoms with E-state index in [-0.39, 0.29) is 18.0 Å². The minimum Gasteiger partial charge on any atom is -0.333 e. The summed E-state index contributed by atoms with van der Waals surface area (Å²) in [5, 5.41) is 9.23. The van der Waals surface area contributed by atoms with Crippen LogP contribution in [0.1, 0.15) is 22.6 Å². The van der Waals surface area contributed by atoms with E-state index in [1.54, 1.807) is 6.20 Å². The third-order valence-corrected chi connectivity index (χ3v) is 4.37. The third-order valence-electron chi connectivity index (χ3n) is 4.37. The zero-order valence-corrected chi connectivity index (χ0v) is 13.5. The number of nitrogens with one attached hydrogen (secondary N) is 3. The first-order valence-corrected chi connectivity index (χ1v) is 7.90. The molecule has 1 aliphatic rings. The number of carbonyl (C=O) groups is 1. The van der Waals surface area contributed by atoms with Gasteiger partial charge in [-0.15, -0.1) is 0 Å². The second kappa shape index (κ2) is 6.79. The van der Waals surface area contributed by atoms with Gasteiger partial charge in [0.2, 0.25) is 0 Å². The summed E-state index contributed by atoms with van der Waals surface area (Å²) in [5.74, 6) is 0.863. The molecule has 5 heteroatoms. The molecular weight excluding hydrogens is 288 g/mol. The minimum absolute atomic E-state index is 0.0731. The number of carbonyl (C=O) groups excluding carboxylic acids is 1. The normalized spacial score (nSPS) is 20.3. The van der Waals surface area contributed by atoms with E-state index in [0.717, 1.165) is 24.2 Å². The first-order chi connectivity index (χ1) is 11.1. The molecule has 2 amide bonds. The van der Waals surface area contributed by atoms with E-state index in [1.807, 2.05) is 38.1 Å². The molecule has 0 saturated carbocycles. The minimum atomic E-state index is -0.213. The molecule has 120 valence electrons. The summed E-state index contributed by atoms with van der Waals surface area (Å²) >= 11 is 0. The molecule has 2 aromatic rings. The molecule has 1 aliphatic heterocycles. The molecule has 0 bridgehead atoms. The van der Waals surface area contributed by atoms with Crippen LogP contribution in [0.15, 0.2) is 42.6 Å². The van der Waals surface area contributed by atoms with E-state index in [0.29, 0.717) is 5.82 Å². The lowest BCUT2D eigenvalue weighted by atomic mass is 9.94. The summed E-state index contributed by atoms with van der Waals surface area (Å²) in [6, 6.07) is 12.0. The van der Waals surface area contributed by atoms with Gasteiger partial charge in [0.25, 0.3) is 0 Å². The number of urea groups is 1. The summed E-state index contributed by atoms with van der Waals surface area (Å²) in [6.07, 6.45) is 1.77. The second-order valence-electron chi connectivity index (χ2n) is 6.03. The van der Waals surface area contributed by atoms with Crippen molar-refractivity contribution in [2.45, 2.75) is 25.8 Å². The van der Waals surface area contributed by atoms with Crippen LogP contribution in [0.3, 0.4) is 0 Å². The lowest BCUT2D eigenvalue weighted by Crippen LogP contribution is -2.42. The zero-order chi connectivity index (χ0) is 16.2. The van der Waals surface area contributed by atoms with Crippen molar-refractivity contribution in [3.8, 4) is 0 Å². The largest absolute Gasteiger partial charge is 0.333 e. The van der Waals surface area contributed by atoms with E-state index < -0.39 is 0 Å². The molecule has 1 saturated heterocycles. The number of hydrogen-bond donors (Lipinski definition) is 3. The van der Waals surface area contributed by atoms with Crippen LogP contribution >= 0.6 is 0 Å². The van der Waals surface area contributed by atoms with Crippen LogP contribution in [-0.4, -0.2) is 30.1 Å². The Bertz CT molecular complexity index is 687. The first kappa shape index (κ1) is 15.5. The van der Waals surface area contributed by atoms with Gasteiger partial charge >= 0.3 is 6.03 Å². The van der Waals surface area contributed by atoms with E-state index in [2.05, 4.69) is 33.1 Å². The fraction of sp³-hybridized carbons (Fsp3) is 0.333. The maximum Gasteiger partial charge on any atom is 0.320 e. The fourth-order valence-electron chi connectivity index (χ4n) is 2.89. The Balaban J connectivity index is 1.64. The number of aryl methyl sites for hydroxylation is 2. The second-order valence-corrected chi connectivity index (χ2v) is 6.03. The maximum absolute atomic E-state index is 12.3. The molecule has 5 nitrogen and oxygen atoms in total. The standard InChI is InChI=1S/C18H22N4O/c1-12-8-17(20-9-13(12)2)22-18(23)21-16-11-19-10-15(16)14-6-4-3-5-7-14/h3-9,15-16,19H,10-11H2,1-2H3,(H2,20,21,22,23). The highest BCUT2D eigenvalue weighted by atomic mass is 16.2. The third kappa shape index (κ3) is 3.68. The van der Waals surface area contributed by atoms with E-state index >= 15 is 0 Å². The average Bonchev–Trinajstić information content (AvgIpc) is 3.00. The van der Waals surface area contributed by atoms with Crippen molar-refractivity contribution < 1.29 is 4.79 Å². The highest BCUT2D eigenvalue weighted by Gasteiger charge is 2.29. The smallest absolute Gasteiger partial charge is 0.320 e. The first-order valence-electron chi connectivity index (χ1n) is 7.90. The molecule has 0 radical (unpaired) electrons. The van der Waals surface area contributed by atoms with Crippen LogP contribution in [0.5, 0.6) is 0 Å². The average molecular weight is 310 g/mol. The molecule has 0 aliphatic carbocycles. The summed E-state index contributed by atoms with van der Waals surface area (Å²) < 4.78 is 0. The molecule has 1 aromatic carbocycles. The summed E-state index contributed by atoms with van der Waals surface area (Å²) in [4.78, 5) is 16.5. The molecule has 2 heterocycles. The lowest BCUT2D eigenvalue weighted by molar-refractivity contribution is 0.248. The lowest BCUT2D eigenvalue weighted by Gasteiger charge is -2.20. The van der Waals surface area contributed by atoms with Gasteiger partial charge in [0.15, 0.2) is 0 Å². The SMILES string of the molecule is Cc1cnc(NC(=O)NC2CNCC2c2ccccc2)cc1C. The van der Waals surface area contributed by atoms with Crippen molar-refractivity contribution in [2.75, 3.05) is 18.4 Å². The number of benzene rings is 1. The van der Waals surface area contributed by atoms with Crippen LogP contribution < -0.4 is 16.0 Å². The Hall–Kier alpha value is -2.40. The Labute approximate surface area is 136 Å². The molecule has 23 heavy (non-hydrogen) atoms. The molecule has 0 spiro atoms. The number of nitrogens with zero attached hydrogens (tertiary/aromatic N) is 1. The van der Waals surface area contributed by atoms with Gasteiger partial charge in [0.1, 0.15) is 5.82 Å². The zero-order valence-electron chi connectivity index (χ0n) is 13.5. The number of amides is 2. The van der Waals surface area contributed by atoms with Crippen LogP contribution in [0.2, 0.25) is 0 Å². The number of hydrogen-bond acceptors (Lipinski definition) is 3. The van der Waals surface area contributed by atoms with Crippen molar-refractivity contribution in [3.05, 3.63) is 59.3 Å². The Kier molecular flexibility index (Phi) is 4.57. The van der Waals surface area contributed by atoms with Gasteiger partial charge < -0.3 is 10.6 Å². The Morgan fingerprint density at radius 3 is 2.70 bits per heavy atom. The van der Waals surface area contributed by atoms with Crippen molar-refractivity contribution in [3.63, 3.8) is 0 Å². The van der Waals surface area contributed by atoms with Crippen LogP contribution in [-0.2, 0) is 0 Å². The van der Waals surface area contributed by atoms with Crippen molar-refractivity contribution in [2.24, 2.45) is 0 Å². The highest BCUT2D eigenvalue weighted by molar-refractivity contribution is 5.88. The number of rotatable bonds is 3. The van der Waals surface area contributed by atoms with Gasteiger partial charge in [-0.05, 0) is 36.6 Å². The van der Waals surface area contributed by atoms with Gasteiger partial charge in [-0.2, -0.15) is 0 Å². The van der Waals surface area contributed by atoms with Crippen LogP contribution in [0.4, 0.5) is 10.6 Å². The summed E-state index contributed by atoms with van der Waals surface area (Å²) in [6.45, 7) is 5.65. The molecule has 1 aromatic heterocycles. The number of pyridine rings is 1.